The second-order valence-electron chi connectivity index (χ2n) is 2.72. The number of alkyl halides is 3. The zero-order chi connectivity index (χ0) is 11.5. The van der Waals surface area contributed by atoms with Crippen LogP contribution in [0.4, 0.5) is 23.2 Å². The molecule has 0 aliphatic heterocycles. The number of benzene rings is 1. The van der Waals surface area contributed by atoms with Crippen molar-refractivity contribution in [1.82, 2.24) is 0 Å². The lowest BCUT2D eigenvalue weighted by Crippen LogP contribution is -2.18. The first-order chi connectivity index (χ1) is 6.92. The molecule has 0 aliphatic carbocycles. The molecule has 15 heavy (non-hydrogen) atoms. The van der Waals surface area contributed by atoms with E-state index in [9.17, 15) is 17.6 Å². The Kier molecular flexibility index (Phi) is 3.39. The predicted octanol–water partition coefficient (Wildman–Crippen LogP) is 3.16. The van der Waals surface area contributed by atoms with Crippen LogP contribution in [0.15, 0.2) is 18.2 Å². The maximum absolute atomic E-state index is 13.0. The second kappa shape index (κ2) is 4.37. The van der Waals surface area contributed by atoms with Crippen LogP contribution in [-0.4, -0.2) is 12.9 Å². The maximum atomic E-state index is 13.0. The van der Waals surface area contributed by atoms with Crippen molar-refractivity contribution in [2.24, 2.45) is 0 Å². The zero-order valence-electron chi connectivity index (χ0n) is 7.86. The topological polar surface area (TPSA) is 21.3 Å². The van der Waals surface area contributed by atoms with Gasteiger partial charge in [-0.15, -0.1) is 13.2 Å². The van der Waals surface area contributed by atoms with Gasteiger partial charge >= 0.3 is 6.36 Å². The van der Waals surface area contributed by atoms with Crippen molar-refractivity contribution < 1.29 is 22.3 Å². The lowest BCUT2D eigenvalue weighted by atomic mass is 10.3. The summed E-state index contributed by atoms with van der Waals surface area (Å²) < 4.78 is 51.8. The summed E-state index contributed by atoms with van der Waals surface area (Å²) in [6.45, 7) is 2.34. The van der Waals surface area contributed by atoms with E-state index in [-0.39, 0.29) is 0 Å². The van der Waals surface area contributed by atoms with Gasteiger partial charge in [-0.05, 0) is 19.1 Å². The summed E-state index contributed by atoms with van der Waals surface area (Å²) in [5.41, 5.74) is 0.407. The SMILES string of the molecule is CCNc1ccc(OC(F)(F)F)c(F)c1. The Labute approximate surface area is 83.9 Å². The van der Waals surface area contributed by atoms with Crippen LogP contribution >= 0.6 is 0 Å². The van der Waals surface area contributed by atoms with Crippen molar-refractivity contribution in [3.63, 3.8) is 0 Å². The third kappa shape index (κ3) is 3.65. The Morgan fingerprint density at radius 1 is 1.33 bits per heavy atom. The molecule has 0 spiro atoms. The normalized spacial score (nSPS) is 11.3. The van der Waals surface area contributed by atoms with Crippen molar-refractivity contribution in [2.75, 3.05) is 11.9 Å². The molecule has 1 aromatic rings. The number of nitrogens with one attached hydrogen (secondary N) is 1. The highest BCUT2D eigenvalue weighted by atomic mass is 19.4. The van der Waals surface area contributed by atoms with Crippen LogP contribution in [0.2, 0.25) is 0 Å². The van der Waals surface area contributed by atoms with Crippen molar-refractivity contribution >= 4 is 5.69 Å². The molecule has 0 bridgehead atoms. The van der Waals surface area contributed by atoms with Crippen molar-refractivity contribution in [1.29, 1.82) is 0 Å². The highest BCUT2D eigenvalue weighted by Gasteiger charge is 2.32. The number of halogens is 4. The standard InChI is InChI=1S/C9H9F4NO/c1-2-14-6-3-4-8(7(10)5-6)15-9(11,12)13/h3-5,14H,2H2,1H3. The molecule has 0 aliphatic rings. The van der Waals surface area contributed by atoms with Gasteiger partial charge in [-0.3, -0.25) is 0 Å². The maximum Gasteiger partial charge on any atom is 0.573 e. The number of anilines is 1. The molecule has 0 fully saturated rings. The lowest BCUT2D eigenvalue weighted by Gasteiger charge is -2.10. The van der Waals surface area contributed by atoms with Crippen LogP contribution in [0.3, 0.4) is 0 Å². The molecule has 1 N–H and O–H groups in total. The molecule has 0 unspecified atom stereocenters. The quantitative estimate of drug-likeness (QED) is 0.794. The van der Waals surface area contributed by atoms with Gasteiger partial charge < -0.3 is 10.1 Å². The third-order valence-electron chi connectivity index (χ3n) is 1.54. The molecule has 84 valence electrons. The fraction of sp³-hybridized carbons (Fsp3) is 0.333. The Morgan fingerprint density at radius 3 is 2.47 bits per heavy atom. The first kappa shape index (κ1) is 11.6. The minimum atomic E-state index is -4.87. The van der Waals surface area contributed by atoms with Gasteiger partial charge in [0.15, 0.2) is 11.6 Å². The second-order valence-corrected chi connectivity index (χ2v) is 2.72. The number of hydrogen-bond acceptors (Lipinski definition) is 2. The van der Waals surface area contributed by atoms with Crippen molar-refractivity contribution in [3.8, 4) is 5.75 Å². The molecule has 2 nitrogen and oxygen atoms in total. The van der Waals surface area contributed by atoms with Gasteiger partial charge in [0.05, 0.1) is 0 Å². The molecular weight excluding hydrogens is 214 g/mol. The van der Waals surface area contributed by atoms with E-state index in [2.05, 4.69) is 10.1 Å². The summed E-state index contributed by atoms with van der Waals surface area (Å²) in [4.78, 5) is 0. The van der Waals surface area contributed by atoms with Crippen LogP contribution in [0, 0.1) is 5.82 Å². The number of hydrogen-bond donors (Lipinski definition) is 1. The number of rotatable bonds is 3. The Bertz CT molecular complexity index is 337. The van der Waals surface area contributed by atoms with Crippen LogP contribution in [0.5, 0.6) is 5.75 Å². The first-order valence-corrected chi connectivity index (χ1v) is 4.21. The molecule has 0 atom stereocenters. The third-order valence-corrected chi connectivity index (χ3v) is 1.54. The summed E-state index contributed by atoms with van der Waals surface area (Å²) in [7, 11) is 0. The van der Waals surface area contributed by atoms with Crippen LogP contribution in [-0.2, 0) is 0 Å². The molecule has 0 radical (unpaired) electrons. The number of ether oxygens (including phenoxy) is 1. The average molecular weight is 223 g/mol. The van der Waals surface area contributed by atoms with Gasteiger partial charge in [0.1, 0.15) is 0 Å². The highest BCUT2D eigenvalue weighted by Crippen LogP contribution is 2.27. The summed E-state index contributed by atoms with van der Waals surface area (Å²) >= 11 is 0. The Balaban J connectivity index is 2.84. The summed E-state index contributed by atoms with van der Waals surface area (Å²) in [5, 5.41) is 2.76. The fourth-order valence-corrected chi connectivity index (χ4v) is 1.02. The summed E-state index contributed by atoms with van der Waals surface area (Å²) in [6, 6.07) is 3.19. The largest absolute Gasteiger partial charge is 0.573 e. The average Bonchev–Trinajstić information content (AvgIpc) is 2.08. The summed E-state index contributed by atoms with van der Waals surface area (Å²) in [6.07, 6.45) is -4.87. The molecule has 0 heterocycles. The van der Waals surface area contributed by atoms with Gasteiger partial charge in [0.25, 0.3) is 0 Å². The van der Waals surface area contributed by atoms with Crippen LogP contribution in [0.1, 0.15) is 6.92 Å². The summed E-state index contributed by atoms with van der Waals surface area (Å²) in [5.74, 6) is -1.88. The van der Waals surface area contributed by atoms with Gasteiger partial charge in [-0.1, -0.05) is 0 Å². The minimum absolute atomic E-state index is 0.407. The molecule has 1 rings (SSSR count). The molecule has 0 amide bonds. The van der Waals surface area contributed by atoms with Gasteiger partial charge in [-0.2, -0.15) is 0 Å². The first-order valence-electron chi connectivity index (χ1n) is 4.21. The predicted molar refractivity (Wildman–Crippen MR) is 47.2 cm³/mol. The van der Waals surface area contributed by atoms with E-state index in [0.29, 0.717) is 12.2 Å². The van der Waals surface area contributed by atoms with Crippen molar-refractivity contribution in [3.05, 3.63) is 24.0 Å². The Morgan fingerprint density at radius 2 is 2.00 bits per heavy atom. The van der Waals surface area contributed by atoms with E-state index in [1.54, 1.807) is 6.92 Å². The molecular formula is C9H9F4NO. The molecule has 1 aromatic carbocycles. The van der Waals surface area contributed by atoms with E-state index in [4.69, 9.17) is 0 Å². The fourth-order valence-electron chi connectivity index (χ4n) is 1.02. The molecule has 0 aromatic heterocycles. The zero-order valence-corrected chi connectivity index (χ0v) is 7.86. The van der Waals surface area contributed by atoms with Gasteiger partial charge in [0.2, 0.25) is 0 Å². The monoisotopic (exact) mass is 223 g/mol. The van der Waals surface area contributed by atoms with Crippen molar-refractivity contribution in [2.45, 2.75) is 13.3 Å². The molecule has 0 saturated carbocycles. The van der Waals surface area contributed by atoms with E-state index >= 15 is 0 Å². The van der Waals surface area contributed by atoms with E-state index in [1.807, 2.05) is 0 Å². The Hall–Kier alpha value is -1.46. The van der Waals surface area contributed by atoms with E-state index in [0.717, 1.165) is 12.1 Å². The molecule has 6 heteroatoms. The lowest BCUT2D eigenvalue weighted by molar-refractivity contribution is -0.275. The van der Waals surface area contributed by atoms with Crippen LogP contribution < -0.4 is 10.1 Å². The molecule has 0 saturated heterocycles. The minimum Gasteiger partial charge on any atom is -0.403 e. The van der Waals surface area contributed by atoms with Crippen LogP contribution in [0.25, 0.3) is 0 Å². The van der Waals surface area contributed by atoms with Gasteiger partial charge in [0, 0.05) is 18.3 Å². The van der Waals surface area contributed by atoms with E-state index < -0.39 is 17.9 Å². The van der Waals surface area contributed by atoms with Gasteiger partial charge in [-0.25, -0.2) is 4.39 Å². The smallest absolute Gasteiger partial charge is 0.403 e. The van der Waals surface area contributed by atoms with E-state index in [1.165, 1.54) is 6.07 Å². The highest BCUT2D eigenvalue weighted by molar-refractivity contribution is 5.47.